The van der Waals surface area contributed by atoms with E-state index in [0.717, 1.165) is 6.26 Å². The first-order chi connectivity index (χ1) is 11.0. The van der Waals surface area contributed by atoms with E-state index in [1.165, 1.54) is 17.0 Å². The molecule has 23 heavy (non-hydrogen) atoms. The van der Waals surface area contributed by atoms with Gasteiger partial charge in [0.1, 0.15) is 12.1 Å². The van der Waals surface area contributed by atoms with Gasteiger partial charge in [-0.25, -0.2) is 9.37 Å². The monoisotopic (exact) mass is 382 g/mol. The standard InChI is InChI=1S/C15H12BrFN2O4/c16-9-1-2-10(11(17)5-9)13-18-12(7-23-13)14(20)19-4-3-8(6-19)15(21)22/h1-2,5,7-8H,3-4,6H2,(H,21,22). The van der Waals surface area contributed by atoms with Gasteiger partial charge >= 0.3 is 5.97 Å². The maximum Gasteiger partial charge on any atom is 0.308 e. The lowest BCUT2D eigenvalue weighted by Crippen LogP contribution is -2.30. The zero-order valence-electron chi connectivity index (χ0n) is 11.8. The summed E-state index contributed by atoms with van der Waals surface area (Å²) < 4.78 is 19.7. The molecule has 0 radical (unpaired) electrons. The van der Waals surface area contributed by atoms with E-state index < -0.39 is 23.6 Å². The first-order valence-electron chi connectivity index (χ1n) is 6.88. The van der Waals surface area contributed by atoms with Crippen LogP contribution in [0.5, 0.6) is 0 Å². The molecule has 1 saturated heterocycles. The molecule has 120 valence electrons. The van der Waals surface area contributed by atoms with Crippen LogP contribution in [0.2, 0.25) is 0 Å². The Morgan fingerprint density at radius 1 is 1.43 bits per heavy atom. The minimum Gasteiger partial charge on any atom is -0.481 e. The normalized spacial score (nSPS) is 17.5. The quantitative estimate of drug-likeness (QED) is 0.882. The second-order valence-corrected chi connectivity index (χ2v) is 6.15. The lowest BCUT2D eigenvalue weighted by atomic mass is 10.1. The van der Waals surface area contributed by atoms with Crippen molar-refractivity contribution >= 4 is 27.8 Å². The molecule has 0 spiro atoms. The zero-order chi connectivity index (χ0) is 16.6. The average Bonchev–Trinajstić information content (AvgIpc) is 3.16. The van der Waals surface area contributed by atoms with Crippen LogP contribution in [0.3, 0.4) is 0 Å². The number of aromatic nitrogens is 1. The topological polar surface area (TPSA) is 83.6 Å². The van der Waals surface area contributed by atoms with Crippen LogP contribution < -0.4 is 0 Å². The van der Waals surface area contributed by atoms with Crippen LogP contribution in [0.4, 0.5) is 4.39 Å². The lowest BCUT2D eigenvalue weighted by molar-refractivity contribution is -0.141. The van der Waals surface area contributed by atoms with E-state index in [1.807, 2.05) is 0 Å². The number of oxazole rings is 1. The van der Waals surface area contributed by atoms with Crippen LogP contribution in [0.25, 0.3) is 11.5 Å². The Kier molecular flexibility index (Phi) is 4.16. The highest BCUT2D eigenvalue weighted by atomic mass is 79.9. The molecule has 1 aliphatic rings. The van der Waals surface area contributed by atoms with Crippen molar-refractivity contribution in [1.29, 1.82) is 0 Å². The highest BCUT2D eigenvalue weighted by Crippen LogP contribution is 2.26. The maximum atomic E-state index is 13.9. The fraction of sp³-hybridized carbons (Fsp3) is 0.267. The molecular formula is C15H12BrFN2O4. The lowest BCUT2D eigenvalue weighted by Gasteiger charge is -2.13. The molecule has 8 heteroatoms. The number of likely N-dealkylation sites (tertiary alicyclic amines) is 1. The second kappa shape index (κ2) is 6.11. The van der Waals surface area contributed by atoms with Crippen molar-refractivity contribution in [2.24, 2.45) is 5.92 Å². The van der Waals surface area contributed by atoms with E-state index in [0.29, 0.717) is 17.4 Å². The number of hydrogen-bond acceptors (Lipinski definition) is 4. The van der Waals surface area contributed by atoms with E-state index in [9.17, 15) is 14.0 Å². The number of carboxylic acids is 1. The van der Waals surface area contributed by atoms with Crippen LogP contribution in [0.1, 0.15) is 16.9 Å². The first-order valence-corrected chi connectivity index (χ1v) is 7.68. The zero-order valence-corrected chi connectivity index (χ0v) is 13.4. The average molecular weight is 383 g/mol. The van der Waals surface area contributed by atoms with Crippen molar-refractivity contribution in [3.8, 4) is 11.5 Å². The Morgan fingerprint density at radius 2 is 2.22 bits per heavy atom. The first kappa shape index (κ1) is 15.7. The van der Waals surface area contributed by atoms with Gasteiger partial charge in [0.2, 0.25) is 5.89 Å². The predicted octanol–water partition coefficient (Wildman–Crippen LogP) is 2.79. The van der Waals surface area contributed by atoms with Crippen molar-refractivity contribution in [1.82, 2.24) is 9.88 Å². The van der Waals surface area contributed by atoms with E-state index in [1.54, 1.807) is 6.07 Å². The van der Waals surface area contributed by atoms with E-state index >= 15 is 0 Å². The molecule has 1 aromatic carbocycles. The third-order valence-corrected chi connectivity index (χ3v) is 4.20. The number of aliphatic carboxylic acids is 1. The van der Waals surface area contributed by atoms with Gasteiger partial charge in [-0.1, -0.05) is 15.9 Å². The molecular weight excluding hydrogens is 371 g/mol. The molecule has 2 aromatic rings. The van der Waals surface area contributed by atoms with Gasteiger partial charge < -0.3 is 14.4 Å². The van der Waals surface area contributed by atoms with Gasteiger partial charge in [-0.2, -0.15) is 0 Å². The van der Waals surface area contributed by atoms with E-state index in [-0.39, 0.29) is 23.7 Å². The molecule has 1 amide bonds. The minimum atomic E-state index is -0.918. The van der Waals surface area contributed by atoms with Gasteiger partial charge in [0, 0.05) is 17.6 Å². The molecule has 1 atom stereocenters. The SMILES string of the molecule is O=C(O)C1CCN(C(=O)c2coc(-c3ccc(Br)cc3F)n2)C1. The van der Waals surface area contributed by atoms with Gasteiger partial charge in [-0.05, 0) is 24.6 Å². The summed E-state index contributed by atoms with van der Waals surface area (Å²) in [5, 5.41) is 8.97. The molecule has 1 N–H and O–H groups in total. The van der Waals surface area contributed by atoms with Crippen LogP contribution in [0.15, 0.2) is 33.4 Å². The number of hydrogen-bond donors (Lipinski definition) is 1. The number of amides is 1. The summed E-state index contributed by atoms with van der Waals surface area (Å²) in [7, 11) is 0. The molecule has 6 nitrogen and oxygen atoms in total. The number of carboxylic acid groups (broad SMARTS) is 1. The van der Waals surface area contributed by atoms with Crippen LogP contribution in [-0.2, 0) is 4.79 Å². The highest BCUT2D eigenvalue weighted by molar-refractivity contribution is 9.10. The van der Waals surface area contributed by atoms with Gasteiger partial charge in [-0.3, -0.25) is 9.59 Å². The van der Waals surface area contributed by atoms with Crippen molar-refractivity contribution in [2.75, 3.05) is 13.1 Å². The summed E-state index contributed by atoms with van der Waals surface area (Å²) in [6.07, 6.45) is 1.57. The van der Waals surface area contributed by atoms with Crippen LogP contribution in [-0.4, -0.2) is 40.0 Å². The summed E-state index contributed by atoms with van der Waals surface area (Å²) in [6, 6.07) is 4.41. The molecule has 0 bridgehead atoms. The highest BCUT2D eigenvalue weighted by Gasteiger charge is 2.32. The Hall–Kier alpha value is -2.22. The molecule has 1 aliphatic heterocycles. The molecule has 3 rings (SSSR count). The summed E-state index contributed by atoms with van der Waals surface area (Å²) >= 11 is 3.16. The fourth-order valence-electron chi connectivity index (χ4n) is 2.47. The summed E-state index contributed by atoms with van der Waals surface area (Å²) in [5.41, 5.74) is 0.186. The smallest absolute Gasteiger partial charge is 0.308 e. The minimum absolute atomic E-state index is 0.00679. The fourth-order valence-corrected chi connectivity index (χ4v) is 2.80. The number of benzene rings is 1. The molecule has 1 fully saturated rings. The predicted molar refractivity (Wildman–Crippen MR) is 81.2 cm³/mol. The maximum absolute atomic E-state index is 13.9. The van der Waals surface area contributed by atoms with Gasteiger partial charge in [0.05, 0.1) is 11.5 Å². The molecule has 1 unspecified atom stereocenters. The Labute approximate surface area is 139 Å². The number of nitrogens with zero attached hydrogens (tertiary/aromatic N) is 2. The van der Waals surface area contributed by atoms with Crippen LogP contribution in [0, 0.1) is 11.7 Å². The van der Waals surface area contributed by atoms with Gasteiger partial charge in [-0.15, -0.1) is 0 Å². The van der Waals surface area contributed by atoms with E-state index in [4.69, 9.17) is 9.52 Å². The number of carbonyl (C=O) groups excluding carboxylic acids is 1. The Balaban J connectivity index is 1.79. The summed E-state index contributed by atoms with van der Waals surface area (Å²) in [5.74, 6) is -2.41. The van der Waals surface area contributed by atoms with Crippen molar-refractivity contribution in [2.45, 2.75) is 6.42 Å². The van der Waals surface area contributed by atoms with Gasteiger partial charge in [0.15, 0.2) is 5.69 Å². The van der Waals surface area contributed by atoms with Crippen LogP contribution >= 0.6 is 15.9 Å². The summed E-state index contributed by atoms with van der Waals surface area (Å²) in [6.45, 7) is 0.494. The third-order valence-electron chi connectivity index (χ3n) is 3.71. The van der Waals surface area contributed by atoms with Crippen molar-refractivity contribution in [3.05, 3.63) is 40.4 Å². The molecule has 0 saturated carbocycles. The summed E-state index contributed by atoms with van der Waals surface area (Å²) in [4.78, 5) is 28.7. The van der Waals surface area contributed by atoms with E-state index in [2.05, 4.69) is 20.9 Å². The second-order valence-electron chi connectivity index (χ2n) is 5.24. The third kappa shape index (κ3) is 3.12. The largest absolute Gasteiger partial charge is 0.481 e. The van der Waals surface area contributed by atoms with Gasteiger partial charge in [0.25, 0.3) is 5.91 Å². The molecule has 2 heterocycles. The number of halogens is 2. The van der Waals surface area contributed by atoms with Crippen molar-refractivity contribution in [3.63, 3.8) is 0 Å². The number of carbonyl (C=O) groups is 2. The molecule has 0 aliphatic carbocycles. The Morgan fingerprint density at radius 3 is 2.87 bits per heavy atom. The Bertz CT molecular complexity index is 777. The molecule has 1 aromatic heterocycles. The van der Waals surface area contributed by atoms with Crippen molar-refractivity contribution < 1.29 is 23.5 Å². The number of rotatable bonds is 3.